The number of aliphatic hydroxyl groups excluding tert-OH is 1. The molecule has 1 fully saturated rings. The molecule has 5 rings (SSSR count). The molecule has 3 amide bonds. The van der Waals surface area contributed by atoms with Crippen molar-refractivity contribution in [2.45, 2.75) is 50.2 Å². The third kappa shape index (κ3) is 5.10. The van der Waals surface area contributed by atoms with E-state index in [0.29, 0.717) is 38.0 Å². The zero-order valence-electron chi connectivity index (χ0n) is 23.2. The monoisotopic (exact) mass is 613 g/mol. The van der Waals surface area contributed by atoms with Crippen molar-refractivity contribution in [1.29, 1.82) is 0 Å². The zero-order valence-corrected chi connectivity index (χ0v) is 24.7. The van der Waals surface area contributed by atoms with Crippen LogP contribution in [0.1, 0.15) is 54.5 Å². The first-order valence-electron chi connectivity index (χ1n) is 13.4. The summed E-state index contributed by atoms with van der Waals surface area (Å²) in [6.45, 7) is 4.72. The Morgan fingerprint density at radius 2 is 1.81 bits per heavy atom. The Morgan fingerprint density at radius 3 is 2.55 bits per heavy atom. The van der Waals surface area contributed by atoms with Gasteiger partial charge in [-0.05, 0) is 79.9 Å². The Hall–Kier alpha value is -3.66. The minimum atomic E-state index is -1.47. The number of piperidine rings is 1. The van der Waals surface area contributed by atoms with E-state index in [1.54, 1.807) is 63.2 Å². The number of aryl methyl sites for hydroxylation is 1. The van der Waals surface area contributed by atoms with E-state index in [9.17, 15) is 18.8 Å². The summed E-state index contributed by atoms with van der Waals surface area (Å²) < 4.78 is 21.0. The van der Waals surface area contributed by atoms with Crippen LogP contribution in [0, 0.1) is 12.7 Å². The fraction of sp³-hybridized carbons (Fsp3) is 0.323. The van der Waals surface area contributed by atoms with Crippen molar-refractivity contribution in [2.24, 2.45) is 0 Å². The fourth-order valence-corrected chi connectivity index (χ4v) is 6.38. The van der Waals surface area contributed by atoms with Crippen LogP contribution >= 0.6 is 23.2 Å². The van der Waals surface area contributed by atoms with Gasteiger partial charge in [0, 0.05) is 40.2 Å². The van der Waals surface area contributed by atoms with Gasteiger partial charge < -0.3 is 25.8 Å². The minimum Gasteiger partial charge on any atom is -0.478 e. The first-order chi connectivity index (χ1) is 19.9. The molecule has 0 saturated carbocycles. The molecule has 3 unspecified atom stereocenters. The van der Waals surface area contributed by atoms with Crippen molar-refractivity contribution in [3.05, 3.63) is 92.7 Å². The van der Waals surface area contributed by atoms with Crippen LogP contribution in [0.5, 0.6) is 5.75 Å². The summed E-state index contributed by atoms with van der Waals surface area (Å²) in [6.07, 6.45) is -0.131. The van der Waals surface area contributed by atoms with E-state index in [1.165, 1.54) is 12.1 Å². The molecular formula is C31H30Cl2FN3O5. The summed E-state index contributed by atoms with van der Waals surface area (Å²) in [6, 6.07) is 13.1. The van der Waals surface area contributed by atoms with Crippen LogP contribution in [0.4, 0.5) is 10.1 Å². The molecule has 4 N–H and O–H groups in total. The summed E-state index contributed by atoms with van der Waals surface area (Å²) in [7, 11) is 0. The van der Waals surface area contributed by atoms with Gasteiger partial charge in [-0.3, -0.25) is 14.4 Å². The zero-order chi connectivity index (χ0) is 30.4. The number of hydrogen-bond acceptors (Lipinski definition) is 5. The van der Waals surface area contributed by atoms with Gasteiger partial charge in [-0.25, -0.2) is 4.39 Å². The lowest BCUT2D eigenvalue weighted by Gasteiger charge is -2.47. The molecule has 3 aromatic carbocycles. The van der Waals surface area contributed by atoms with Crippen molar-refractivity contribution in [3.8, 4) is 5.75 Å². The third-order valence-corrected chi connectivity index (χ3v) is 8.43. The Bertz CT molecular complexity index is 1600. The number of benzene rings is 3. The van der Waals surface area contributed by atoms with E-state index in [2.05, 4.69) is 16.0 Å². The largest absolute Gasteiger partial charge is 0.478 e. The molecule has 42 heavy (non-hydrogen) atoms. The van der Waals surface area contributed by atoms with E-state index in [1.807, 2.05) is 0 Å². The van der Waals surface area contributed by atoms with Crippen LogP contribution in [0.3, 0.4) is 0 Å². The average Bonchev–Trinajstić information content (AvgIpc) is 3.21. The van der Waals surface area contributed by atoms with Crippen molar-refractivity contribution in [2.75, 3.05) is 18.5 Å². The normalized spacial score (nSPS) is 21.5. The Morgan fingerprint density at radius 1 is 1.10 bits per heavy atom. The first kappa shape index (κ1) is 29.8. The second kappa shape index (κ2) is 11.2. The van der Waals surface area contributed by atoms with E-state index in [0.717, 1.165) is 0 Å². The van der Waals surface area contributed by atoms with Crippen molar-refractivity contribution in [1.82, 2.24) is 10.6 Å². The lowest BCUT2D eigenvalue weighted by Crippen LogP contribution is -2.57. The molecule has 220 valence electrons. The molecule has 3 atom stereocenters. The molecule has 0 aromatic heterocycles. The number of rotatable bonds is 7. The molecule has 3 aromatic rings. The van der Waals surface area contributed by atoms with Crippen molar-refractivity contribution >= 4 is 46.6 Å². The lowest BCUT2D eigenvalue weighted by atomic mass is 9.59. The van der Waals surface area contributed by atoms with Gasteiger partial charge in [-0.15, -0.1) is 0 Å². The number of aliphatic hydroxyl groups is 1. The molecule has 11 heteroatoms. The van der Waals surface area contributed by atoms with Gasteiger partial charge >= 0.3 is 0 Å². The quantitative estimate of drug-likeness (QED) is 0.301. The SMILES string of the molecule is Cc1ccc(F)cc1C1NC(=O)CC(c2cc(Cl)ccc2OC(C)(C)C(=O)NCCO)C12C(=O)Nc1cc(Cl)ccc12. The van der Waals surface area contributed by atoms with Crippen LogP contribution in [-0.2, 0) is 19.8 Å². The number of carbonyl (C=O) groups is 3. The number of ether oxygens (including phenoxy) is 1. The van der Waals surface area contributed by atoms with Gasteiger partial charge in [-0.1, -0.05) is 35.3 Å². The predicted molar refractivity (Wildman–Crippen MR) is 157 cm³/mol. The predicted octanol–water partition coefficient (Wildman–Crippen LogP) is 4.94. The van der Waals surface area contributed by atoms with Gasteiger partial charge in [0.15, 0.2) is 5.60 Å². The molecule has 0 aliphatic carbocycles. The summed E-state index contributed by atoms with van der Waals surface area (Å²) in [5.41, 5.74) is -0.275. The molecule has 2 aliphatic heterocycles. The molecule has 2 heterocycles. The maximum Gasteiger partial charge on any atom is 0.263 e. The molecule has 1 spiro atoms. The highest BCUT2D eigenvalue weighted by Crippen LogP contribution is 2.59. The number of fused-ring (bicyclic) bond motifs is 2. The second-order valence-electron chi connectivity index (χ2n) is 11.0. The Balaban J connectivity index is 1.75. The molecule has 0 radical (unpaired) electrons. The van der Waals surface area contributed by atoms with Crippen LogP contribution in [0.15, 0.2) is 54.6 Å². The molecule has 8 nitrogen and oxygen atoms in total. The topological polar surface area (TPSA) is 117 Å². The van der Waals surface area contributed by atoms with Crippen LogP contribution < -0.4 is 20.7 Å². The average molecular weight is 615 g/mol. The van der Waals surface area contributed by atoms with E-state index >= 15 is 0 Å². The first-order valence-corrected chi connectivity index (χ1v) is 14.2. The third-order valence-electron chi connectivity index (χ3n) is 7.96. The standard InChI is InChI=1S/C31H30Cl2FN3O5/c1-16-4-7-19(34)14-20(16)27-31(22-8-5-18(33)13-24(22)36-29(31)41)23(15-26(39)37-27)21-12-17(32)6-9-25(21)42-30(2,3)28(40)35-10-11-38/h4-9,12-14,23,27,38H,10-11,15H2,1-3H3,(H,35,40)(H,36,41)(H,37,39). The maximum absolute atomic E-state index is 14.7. The van der Waals surface area contributed by atoms with Gasteiger partial charge in [0.25, 0.3) is 5.91 Å². The van der Waals surface area contributed by atoms with E-state index in [4.69, 9.17) is 33.0 Å². The Labute approximate surface area is 252 Å². The number of amides is 3. The van der Waals surface area contributed by atoms with E-state index < -0.39 is 40.6 Å². The number of carbonyl (C=O) groups excluding carboxylic acids is 3. The van der Waals surface area contributed by atoms with Gasteiger partial charge in [0.1, 0.15) is 17.0 Å². The van der Waals surface area contributed by atoms with Crippen LogP contribution in [0.25, 0.3) is 0 Å². The molecule has 1 saturated heterocycles. The molecule has 0 bridgehead atoms. The van der Waals surface area contributed by atoms with Gasteiger partial charge in [-0.2, -0.15) is 0 Å². The number of nitrogens with one attached hydrogen (secondary N) is 3. The van der Waals surface area contributed by atoms with Crippen molar-refractivity contribution < 1.29 is 28.6 Å². The van der Waals surface area contributed by atoms with Gasteiger partial charge in [0.2, 0.25) is 11.8 Å². The summed E-state index contributed by atoms with van der Waals surface area (Å²) in [4.78, 5) is 40.7. The van der Waals surface area contributed by atoms with Crippen molar-refractivity contribution in [3.63, 3.8) is 0 Å². The number of anilines is 1. The van der Waals surface area contributed by atoms with E-state index in [-0.39, 0.29) is 31.2 Å². The molecule has 2 aliphatic rings. The minimum absolute atomic E-state index is 0.0409. The van der Waals surface area contributed by atoms with Crippen LogP contribution in [-0.4, -0.2) is 41.6 Å². The fourth-order valence-electron chi connectivity index (χ4n) is 6.03. The Kier molecular flexibility index (Phi) is 7.96. The maximum atomic E-state index is 14.7. The van der Waals surface area contributed by atoms with Crippen LogP contribution in [0.2, 0.25) is 10.0 Å². The summed E-state index contributed by atoms with van der Waals surface area (Å²) in [5, 5.41) is 18.4. The highest BCUT2D eigenvalue weighted by atomic mass is 35.5. The lowest BCUT2D eigenvalue weighted by molar-refractivity contribution is -0.135. The summed E-state index contributed by atoms with van der Waals surface area (Å²) in [5.74, 6) is -2.37. The smallest absolute Gasteiger partial charge is 0.263 e. The summed E-state index contributed by atoms with van der Waals surface area (Å²) >= 11 is 12.8. The highest BCUT2D eigenvalue weighted by Gasteiger charge is 2.62. The number of halogens is 3. The molecular weight excluding hydrogens is 584 g/mol. The second-order valence-corrected chi connectivity index (χ2v) is 11.9. The number of hydrogen-bond donors (Lipinski definition) is 4. The highest BCUT2D eigenvalue weighted by molar-refractivity contribution is 6.31. The van der Waals surface area contributed by atoms with Gasteiger partial charge in [0.05, 0.1) is 12.6 Å².